The molecule has 2 N–H and O–H groups in total. The van der Waals surface area contributed by atoms with Crippen molar-refractivity contribution in [3.8, 4) is 0 Å². The minimum atomic E-state index is -2.20. The van der Waals surface area contributed by atoms with E-state index in [2.05, 4.69) is 15.4 Å². The zero-order valence-electron chi connectivity index (χ0n) is 26.9. The number of carbonyl (C=O) groups excluding carboxylic acids is 6. The number of esters is 1. The van der Waals surface area contributed by atoms with Crippen LogP contribution in [0.2, 0.25) is 0 Å². The minimum Gasteiger partial charge on any atom is -0.604 e. The molecule has 3 heterocycles. The summed E-state index contributed by atoms with van der Waals surface area (Å²) >= 11 is -2.20. The molecule has 3 aromatic carbocycles. The second-order valence-electron chi connectivity index (χ2n) is 11.7. The standard InChI is InChI=1S/C34H31N7O8S/c1-3-39-15-16-40(31(45)30(39)44)34(47)37-24(22-10-5-4-6-11-22)27(42)36-25-29(43)41-26(19(2)28(38-35)50(48)32(25)41)33(46)49-18-20-13-14-21-9-7-8-12-23(21)17-20/h4-14,17,24-25,32H,3,15-16,18H2,1-2H3,(H,36,42)(H,37,47)/t24?,25?,32-,50-/m0/s1. The van der Waals surface area contributed by atoms with Crippen molar-refractivity contribution in [2.75, 3.05) is 19.6 Å². The molecular weight excluding hydrogens is 666 g/mol. The quantitative estimate of drug-likeness (QED) is 0.0876. The molecule has 256 valence electrons. The monoisotopic (exact) mass is 697 g/mol. The van der Waals surface area contributed by atoms with Gasteiger partial charge in [0.1, 0.15) is 23.9 Å². The average Bonchev–Trinajstić information content (AvgIpc) is 3.13. The molecule has 0 spiro atoms. The van der Waals surface area contributed by atoms with Crippen molar-refractivity contribution in [3.63, 3.8) is 0 Å². The van der Waals surface area contributed by atoms with Gasteiger partial charge in [0.25, 0.3) is 5.91 Å². The van der Waals surface area contributed by atoms with Gasteiger partial charge in [0.2, 0.25) is 11.3 Å². The van der Waals surface area contributed by atoms with Gasteiger partial charge in [-0.05, 0) is 41.8 Å². The topological polar surface area (TPSA) is 205 Å². The Bertz CT molecular complexity index is 2010. The fraction of sp³-hybridized carbons (Fsp3) is 0.265. The Morgan fingerprint density at radius 2 is 1.70 bits per heavy atom. The molecule has 2 unspecified atom stereocenters. The molecule has 2 fully saturated rings. The van der Waals surface area contributed by atoms with Crippen LogP contribution in [-0.4, -0.2) is 95.8 Å². The summed E-state index contributed by atoms with van der Waals surface area (Å²) in [5, 5.41) is 5.17. The van der Waals surface area contributed by atoms with Gasteiger partial charge in [-0.3, -0.25) is 29.0 Å². The number of β-lactam (4-membered cyclic amide) rings is 1. The predicted octanol–water partition coefficient (Wildman–Crippen LogP) is 1.34. The first-order valence-corrected chi connectivity index (χ1v) is 16.8. The molecule has 3 aromatic rings. The first-order valence-electron chi connectivity index (χ1n) is 15.6. The molecule has 2 saturated heterocycles. The number of likely N-dealkylation sites (N-methyl/N-ethyl adjacent to an activating group) is 1. The summed E-state index contributed by atoms with van der Waals surface area (Å²) in [4.78, 5) is 85.1. The van der Waals surface area contributed by atoms with Gasteiger partial charge in [0.15, 0.2) is 6.04 Å². The van der Waals surface area contributed by atoms with E-state index in [4.69, 9.17) is 4.74 Å². The molecule has 15 nitrogen and oxygen atoms in total. The Kier molecular flexibility index (Phi) is 9.50. The summed E-state index contributed by atoms with van der Waals surface area (Å²) < 4.78 is 19.1. The lowest BCUT2D eigenvalue weighted by Gasteiger charge is -2.47. The van der Waals surface area contributed by atoms with Gasteiger partial charge in [-0.25, -0.2) is 9.59 Å². The summed E-state index contributed by atoms with van der Waals surface area (Å²) in [7, 11) is 0. The Labute approximate surface area is 288 Å². The molecule has 3 aliphatic heterocycles. The average molecular weight is 698 g/mol. The number of amides is 6. The van der Waals surface area contributed by atoms with Gasteiger partial charge < -0.3 is 30.4 Å². The normalized spacial score (nSPS) is 20.9. The lowest BCUT2D eigenvalue weighted by molar-refractivity contribution is -0.154. The summed E-state index contributed by atoms with van der Waals surface area (Å²) in [6.45, 7) is 3.21. The van der Waals surface area contributed by atoms with Crippen molar-refractivity contribution in [1.82, 2.24) is 25.3 Å². The highest BCUT2D eigenvalue weighted by Gasteiger charge is 2.65. The van der Waals surface area contributed by atoms with Gasteiger partial charge in [-0.1, -0.05) is 66.7 Å². The van der Waals surface area contributed by atoms with E-state index in [1.807, 2.05) is 36.4 Å². The summed E-state index contributed by atoms with van der Waals surface area (Å²) in [5.74, 6) is -4.54. The van der Waals surface area contributed by atoms with E-state index in [1.165, 1.54) is 24.0 Å². The molecule has 6 rings (SSSR count). The minimum absolute atomic E-state index is 0.0412. The molecular formula is C34H31N7O8S. The SMILES string of the molecule is CCN1CCN(C(=O)NC(C(=O)NC2C(=O)N3C(C(=O)OCc4ccc5ccccc5c4)=C(C)C(=[N+]=[N-])[S@+]([O-])[C@@H]23)c2ccccc2)C(=O)C1=O. The maximum atomic E-state index is 13.8. The van der Waals surface area contributed by atoms with Crippen molar-refractivity contribution in [3.05, 3.63) is 101 Å². The number of hydrogen-bond acceptors (Lipinski definition) is 8. The number of carbonyl (C=O) groups is 6. The van der Waals surface area contributed by atoms with Crippen molar-refractivity contribution >= 4 is 62.6 Å². The first kappa shape index (κ1) is 34.0. The number of ether oxygens (including phenoxy) is 1. The van der Waals surface area contributed by atoms with E-state index in [9.17, 15) is 38.9 Å². The highest BCUT2D eigenvalue weighted by Crippen LogP contribution is 2.38. The maximum Gasteiger partial charge on any atom is 0.490 e. The van der Waals surface area contributed by atoms with Crippen LogP contribution in [0.1, 0.15) is 31.0 Å². The smallest absolute Gasteiger partial charge is 0.490 e. The van der Waals surface area contributed by atoms with Gasteiger partial charge in [0.05, 0.1) is 11.2 Å². The fourth-order valence-corrected chi connectivity index (χ4v) is 7.61. The molecule has 4 atom stereocenters. The van der Waals surface area contributed by atoms with E-state index in [0.29, 0.717) is 10.5 Å². The van der Waals surface area contributed by atoms with E-state index in [1.54, 1.807) is 31.2 Å². The molecule has 50 heavy (non-hydrogen) atoms. The van der Waals surface area contributed by atoms with Crippen LogP contribution in [0, 0.1) is 0 Å². The third-order valence-electron chi connectivity index (χ3n) is 8.73. The van der Waals surface area contributed by atoms with Crippen molar-refractivity contribution in [2.24, 2.45) is 0 Å². The van der Waals surface area contributed by atoms with Gasteiger partial charge >= 0.3 is 28.9 Å². The number of benzene rings is 3. The highest BCUT2D eigenvalue weighted by atomic mass is 32.2. The van der Waals surface area contributed by atoms with Crippen LogP contribution in [0.4, 0.5) is 4.79 Å². The largest absolute Gasteiger partial charge is 0.604 e. The van der Waals surface area contributed by atoms with Crippen LogP contribution in [-0.2, 0) is 46.5 Å². The van der Waals surface area contributed by atoms with E-state index >= 15 is 0 Å². The van der Waals surface area contributed by atoms with Crippen molar-refractivity contribution < 1.29 is 42.8 Å². The Balaban J connectivity index is 1.20. The number of imide groups is 1. The lowest BCUT2D eigenvalue weighted by atomic mass is 10.0. The van der Waals surface area contributed by atoms with Crippen molar-refractivity contribution in [2.45, 2.75) is 37.9 Å². The number of piperazine rings is 1. The summed E-state index contributed by atoms with van der Waals surface area (Å²) in [5.41, 5.74) is 10.4. The molecule has 0 saturated carbocycles. The van der Waals surface area contributed by atoms with E-state index in [-0.39, 0.29) is 48.1 Å². The van der Waals surface area contributed by atoms with Crippen LogP contribution in [0.5, 0.6) is 0 Å². The van der Waals surface area contributed by atoms with Gasteiger partial charge in [-0.15, -0.1) is 4.79 Å². The van der Waals surface area contributed by atoms with Gasteiger partial charge in [0, 0.05) is 19.6 Å². The van der Waals surface area contributed by atoms with Crippen LogP contribution >= 0.6 is 0 Å². The molecule has 0 aliphatic carbocycles. The number of hydrogen-bond donors (Lipinski definition) is 2. The first-order chi connectivity index (χ1) is 24.0. The number of fused-ring (bicyclic) bond motifs is 2. The molecule has 0 aromatic heterocycles. The van der Waals surface area contributed by atoms with Crippen LogP contribution in [0.25, 0.3) is 16.3 Å². The van der Waals surface area contributed by atoms with Crippen LogP contribution in [0.15, 0.2) is 84.1 Å². The Morgan fingerprint density at radius 1 is 1.00 bits per heavy atom. The van der Waals surface area contributed by atoms with Gasteiger partial charge in [-0.2, -0.15) is 0 Å². The lowest BCUT2D eigenvalue weighted by Crippen LogP contribution is -2.75. The Hall–Kier alpha value is -5.83. The third-order valence-corrected chi connectivity index (χ3v) is 10.4. The number of nitrogens with one attached hydrogen (secondary N) is 2. The number of urea groups is 1. The van der Waals surface area contributed by atoms with Crippen LogP contribution < -0.4 is 10.6 Å². The second kappa shape index (κ2) is 14.0. The summed E-state index contributed by atoms with van der Waals surface area (Å²) in [6, 6.07) is 17.2. The van der Waals surface area contributed by atoms with Crippen molar-refractivity contribution in [1.29, 1.82) is 0 Å². The Morgan fingerprint density at radius 3 is 2.40 bits per heavy atom. The molecule has 0 radical (unpaired) electrons. The predicted molar refractivity (Wildman–Crippen MR) is 177 cm³/mol. The zero-order chi connectivity index (χ0) is 35.7. The number of rotatable bonds is 8. The second-order valence-corrected chi connectivity index (χ2v) is 13.1. The maximum absolute atomic E-state index is 13.8. The fourth-order valence-electron chi connectivity index (χ4n) is 6.07. The molecule has 6 amide bonds. The van der Waals surface area contributed by atoms with E-state index < -0.39 is 64.3 Å². The zero-order valence-corrected chi connectivity index (χ0v) is 27.7. The van der Waals surface area contributed by atoms with Crippen LogP contribution in [0.3, 0.4) is 0 Å². The molecule has 3 aliphatic rings. The number of nitrogens with zero attached hydrogens (tertiary/aromatic N) is 5. The van der Waals surface area contributed by atoms with E-state index in [0.717, 1.165) is 15.7 Å². The third kappa shape index (κ3) is 6.11. The molecule has 16 heteroatoms. The summed E-state index contributed by atoms with van der Waals surface area (Å²) in [6.07, 6.45) is 0. The molecule has 0 bridgehead atoms. The highest BCUT2D eigenvalue weighted by molar-refractivity contribution is 8.07.